The molecule has 3 aliphatic rings. The summed E-state index contributed by atoms with van der Waals surface area (Å²) in [5.74, 6) is -1.03. The first-order valence-corrected chi connectivity index (χ1v) is 17.0. The zero-order valence-corrected chi connectivity index (χ0v) is 27.8. The van der Waals surface area contributed by atoms with Crippen molar-refractivity contribution in [1.29, 1.82) is 0 Å². The van der Waals surface area contributed by atoms with Crippen LogP contribution in [0.5, 0.6) is 0 Å². The Morgan fingerprint density at radius 3 is 2.79 bits per heavy atom. The van der Waals surface area contributed by atoms with Gasteiger partial charge in [-0.25, -0.2) is 9.37 Å². The molecule has 7 rings (SSSR count). The molecule has 48 heavy (non-hydrogen) atoms. The number of nitrogens with one attached hydrogen (secondary N) is 2. The minimum atomic E-state index is -0.608. The first-order chi connectivity index (χ1) is 23.3. The van der Waals surface area contributed by atoms with E-state index in [2.05, 4.69) is 39.2 Å². The van der Waals surface area contributed by atoms with Gasteiger partial charge in [0.05, 0.1) is 53.8 Å². The molecule has 3 aromatic heterocycles. The highest BCUT2D eigenvalue weighted by Crippen LogP contribution is 2.30. The molecular weight excluding hydrogens is 609 g/mol. The van der Waals surface area contributed by atoms with Crippen LogP contribution < -0.4 is 10.6 Å². The highest BCUT2D eigenvalue weighted by Gasteiger charge is 2.28. The summed E-state index contributed by atoms with van der Waals surface area (Å²) >= 11 is 0. The highest BCUT2D eigenvalue weighted by atomic mass is 19.1. The molecule has 0 spiro atoms. The fourth-order valence-electron chi connectivity index (χ4n) is 7.16. The molecule has 3 aliphatic heterocycles. The monoisotopic (exact) mass is 651 g/mol. The topological polar surface area (TPSA) is 114 Å². The Kier molecular flexibility index (Phi) is 9.07. The summed E-state index contributed by atoms with van der Waals surface area (Å²) in [6.45, 7) is 10.1. The van der Waals surface area contributed by atoms with Gasteiger partial charge in [0.25, 0.3) is 11.8 Å². The number of carbonyl (C=O) groups is 2. The maximum atomic E-state index is 14.8. The van der Waals surface area contributed by atoms with Gasteiger partial charge < -0.3 is 24.8 Å². The number of halogens is 1. The number of aliphatic imine (C=N–C) groups is 1. The number of nitrogens with zero attached hydrogens (tertiary/aromatic N) is 5. The summed E-state index contributed by atoms with van der Waals surface area (Å²) < 4.78 is 22.6. The first kappa shape index (κ1) is 32.1. The quantitative estimate of drug-likeness (QED) is 0.293. The Balaban J connectivity index is 1.20. The molecule has 0 aliphatic carbocycles. The lowest BCUT2D eigenvalue weighted by Crippen LogP contribution is -2.51. The van der Waals surface area contributed by atoms with Crippen LogP contribution in [0.3, 0.4) is 0 Å². The van der Waals surface area contributed by atoms with Gasteiger partial charge in [0.2, 0.25) is 0 Å². The smallest absolute Gasteiger partial charge is 0.255 e. The zero-order valence-electron chi connectivity index (χ0n) is 27.8. The second kappa shape index (κ2) is 13.6. The molecule has 2 atom stereocenters. The molecule has 4 aromatic rings. The van der Waals surface area contributed by atoms with Crippen LogP contribution in [0, 0.1) is 12.7 Å². The van der Waals surface area contributed by atoms with Crippen LogP contribution in [0.2, 0.25) is 0 Å². The van der Waals surface area contributed by atoms with Crippen molar-refractivity contribution < 1.29 is 18.7 Å². The number of hydrogen-bond donors (Lipinski definition) is 2. The highest BCUT2D eigenvalue weighted by molar-refractivity contribution is 6.04. The normalized spacial score (nSPS) is 20.8. The van der Waals surface area contributed by atoms with E-state index in [0.717, 1.165) is 89.8 Å². The first-order valence-electron chi connectivity index (χ1n) is 17.0. The molecular formula is C37H42FN7O3. The van der Waals surface area contributed by atoms with Gasteiger partial charge in [-0.15, -0.1) is 0 Å². The van der Waals surface area contributed by atoms with E-state index in [1.165, 1.54) is 0 Å². The molecule has 10 nitrogen and oxygen atoms in total. The number of morpholine rings is 1. The summed E-state index contributed by atoms with van der Waals surface area (Å²) in [5.41, 5.74) is 7.59. The molecule has 11 heteroatoms. The lowest BCUT2D eigenvalue weighted by Gasteiger charge is -2.34. The Hall–Kier alpha value is -4.48. The predicted molar refractivity (Wildman–Crippen MR) is 183 cm³/mol. The maximum absolute atomic E-state index is 14.8. The third kappa shape index (κ3) is 6.36. The molecule has 2 bridgehead atoms. The molecule has 1 saturated heterocycles. The van der Waals surface area contributed by atoms with Crippen LogP contribution in [0.25, 0.3) is 11.0 Å². The van der Waals surface area contributed by atoms with Crippen molar-refractivity contribution in [3.05, 3.63) is 87.7 Å². The molecule has 6 heterocycles. The number of aromatic nitrogens is 3. The van der Waals surface area contributed by atoms with Crippen molar-refractivity contribution in [3.63, 3.8) is 0 Å². The Morgan fingerprint density at radius 1 is 1.08 bits per heavy atom. The van der Waals surface area contributed by atoms with Gasteiger partial charge in [0.15, 0.2) is 5.82 Å². The van der Waals surface area contributed by atoms with Crippen molar-refractivity contribution in [2.75, 3.05) is 32.8 Å². The van der Waals surface area contributed by atoms with Crippen molar-refractivity contribution in [3.8, 4) is 0 Å². The summed E-state index contributed by atoms with van der Waals surface area (Å²) in [4.78, 5) is 42.9. The van der Waals surface area contributed by atoms with Gasteiger partial charge in [-0.05, 0) is 87.4 Å². The number of pyridine rings is 2. The summed E-state index contributed by atoms with van der Waals surface area (Å²) in [6, 6.07) is 9.80. The SMILES string of the molecule is CC(=Nc1cc2c(cc1C)CCN(C[C@H]1COCCN1)C2=O)c1cc2ccc3nc2n1CCCCCc1cncc(F)c1C(=O)N[C@@H]3C. The van der Waals surface area contributed by atoms with E-state index in [1.807, 2.05) is 36.9 Å². The van der Waals surface area contributed by atoms with E-state index in [4.69, 9.17) is 14.7 Å². The van der Waals surface area contributed by atoms with Crippen LogP contribution in [-0.4, -0.2) is 75.9 Å². The summed E-state index contributed by atoms with van der Waals surface area (Å²) in [6.07, 6.45) is 6.63. The molecule has 0 unspecified atom stereocenters. The Labute approximate surface area is 279 Å². The molecule has 0 saturated carbocycles. The molecule has 250 valence electrons. The minimum absolute atomic E-state index is 0.0408. The molecule has 2 amide bonds. The van der Waals surface area contributed by atoms with E-state index >= 15 is 0 Å². The number of hydrogen-bond acceptors (Lipinski definition) is 7. The second-order valence-corrected chi connectivity index (χ2v) is 13.2. The molecule has 2 N–H and O–H groups in total. The largest absolute Gasteiger partial charge is 0.378 e. The van der Waals surface area contributed by atoms with Crippen LogP contribution in [0.1, 0.15) is 87.9 Å². The van der Waals surface area contributed by atoms with Gasteiger partial charge in [0, 0.05) is 49.4 Å². The maximum Gasteiger partial charge on any atom is 0.255 e. The minimum Gasteiger partial charge on any atom is -0.378 e. The van der Waals surface area contributed by atoms with Crippen molar-refractivity contribution in [2.24, 2.45) is 4.99 Å². The van der Waals surface area contributed by atoms with E-state index in [0.29, 0.717) is 44.0 Å². The fourth-order valence-corrected chi connectivity index (χ4v) is 7.16. The lowest BCUT2D eigenvalue weighted by atomic mass is 9.95. The van der Waals surface area contributed by atoms with Crippen LogP contribution in [-0.2, 0) is 24.1 Å². The number of benzene rings is 1. The van der Waals surface area contributed by atoms with E-state index < -0.39 is 17.8 Å². The Morgan fingerprint density at radius 2 is 1.96 bits per heavy atom. The molecule has 1 fully saturated rings. The number of amides is 2. The van der Waals surface area contributed by atoms with E-state index in [-0.39, 0.29) is 17.5 Å². The number of rotatable bonds is 4. The zero-order chi connectivity index (χ0) is 33.4. The van der Waals surface area contributed by atoms with Gasteiger partial charge in [-0.3, -0.25) is 19.6 Å². The van der Waals surface area contributed by atoms with Crippen LogP contribution in [0.15, 0.2) is 47.7 Å². The Bertz CT molecular complexity index is 1910. The van der Waals surface area contributed by atoms with E-state index in [1.54, 1.807) is 6.20 Å². The third-order valence-corrected chi connectivity index (χ3v) is 9.78. The second-order valence-electron chi connectivity index (χ2n) is 13.2. The van der Waals surface area contributed by atoms with Gasteiger partial charge in [-0.1, -0.05) is 12.5 Å². The molecule has 0 radical (unpaired) electrons. The standard InChI is InChI=1S/C37H42FN7O3/c1-22-15-25-10-13-44(20-28-21-48-14-11-40-28)37(47)29(25)17-32(22)41-24(3)33-16-26-8-9-31-23(2)42-36(46)34-27(18-39-19-30(34)38)7-5-4-6-12-45(33)35(26)43-31/h8-9,15-19,23,28,40H,4-7,10-14,20-21H2,1-3H3,(H,42,46)/t23-,28+/m1/s1. The average molecular weight is 652 g/mol. The van der Waals surface area contributed by atoms with Crippen molar-refractivity contribution in [2.45, 2.75) is 71.5 Å². The summed E-state index contributed by atoms with van der Waals surface area (Å²) in [5, 5.41) is 7.39. The predicted octanol–water partition coefficient (Wildman–Crippen LogP) is 5.22. The van der Waals surface area contributed by atoms with Gasteiger partial charge >= 0.3 is 0 Å². The third-order valence-electron chi connectivity index (χ3n) is 9.78. The number of carbonyl (C=O) groups excluding carboxylic acids is 2. The fraction of sp³-hybridized carbons (Fsp3) is 0.432. The van der Waals surface area contributed by atoms with Gasteiger partial charge in [0.1, 0.15) is 5.65 Å². The number of fused-ring (bicyclic) bond motifs is 3. The van der Waals surface area contributed by atoms with Crippen molar-refractivity contribution in [1.82, 2.24) is 30.1 Å². The summed E-state index contributed by atoms with van der Waals surface area (Å²) in [7, 11) is 0. The number of ether oxygens (including phenoxy) is 1. The average Bonchev–Trinajstić information content (AvgIpc) is 3.44. The van der Waals surface area contributed by atoms with Gasteiger partial charge in [-0.2, -0.15) is 0 Å². The molecule has 1 aromatic carbocycles. The van der Waals surface area contributed by atoms with Crippen molar-refractivity contribution >= 4 is 34.2 Å². The van der Waals surface area contributed by atoms with Crippen LogP contribution >= 0.6 is 0 Å². The lowest BCUT2D eigenvalue weighted by molar-refractivity contribution is 0.0511. The van der Waals surface area contributed by atoms with E-state index in [9.17, 15) is 14.0 Å². The van der Waals surface area contributed by atoms with Crippen LogP contribution in [0.4, 0.5) is 10.1 Å². The number of aryl methyl sites for hydroxylation is 3.